The number of carbonyl (C=O) groups is 2. The third kappa shape index (κ3) is 8.09. The largest absolute Gasteiger partial charge is 0.491 e. The quantitative estimate of drug-likeness (QED) is 0.390. The molecule has 2 heterocycles. The lowest BCUT2D eigenvalue weighted by Gasteiger charge is -2.41. The monoisotopic (exact) mass is 569 g/mol. The number of amides is 2. The fraction of sp³-hybridized carbons (Fsp3) is 0.607. The zero-order valence-corrected chi connectivity index (χ0v) is 24.6. The van der Waals surface area contributed by atoms with Crippen LogP contribution in [0.1, 0.15) is 82.6 Å². The van der Waals surface area contributed by atoms with Gasteiger partial charge >= 0.3 is 12.3 Å². The molecule has 216 valence electrons. The Labute approximate surface area is 231 Å². The van der Waals surface area contributed by atoms with Gasteiger partial charge in [0.1, 0.15) is 18.0 Å². The predicted molar refractivity (Wildman–Crippen MR) is 144 cm³/mol. The minimum atomic E-state index is -4.64. The Morgan fingerprint density at radius 1 is 1.13 bits per heavy atom. The molecule has 0 saturated carbocycles. The maximum Gasteiger partial charge on any atom is 0.416 e. The van der Waals surface area contributed by atoms with E-state index in [0.29, 0.717) is 24.3 Å². The number of halogens is 3. The van der Waals surface area contributed by atoms with Crippen LogP contribution < -0.4 is 9.54 Å². The topological polar surface area (TPSA) is 73.1 Å². The van der Waals surface area contributed by atoms with E-state index in [1.54, 1.807) is 20.8 Å². The standard InChI is InChI=1S/C28H38F3N3O4S/c1-17(2)14-33-15-22(26(3,4)5)39-24(33)32-23(35)20-13-18(28(29,30)31)9-10-21(20)37-16-19-11-12-34(19)25(36)38-27(6,7)8/h9-10,13,15,17,19H,11-12,14,16H2,1-8H3/t19-/m0/s1. The van der Waals surface area contributed by atoms with Crippen LogP contribution in [0.5, 0.6) is 5.75 Å². The number of benzene rings is 1. The highest BCUT2D eigenvalue weighted by molar-refractivity contribution is 7.09. The molecule has 0 bridgehead atoms. The Kier molecular flexibility index (Phi) is 8.94. The van der Waals surface area contributed by atoms with Crippen molar-refractivity contribution in [3.63, 3.8) is 0 Å². The normalized spacial score (nSPS) is 16.9. The van der Waals surface area contributed by atoms with Gasteiger partial charge in [-0.15, -0.1) is 11.3 Å². The molecule has 1 fully saturated rings. The number of hydrogen-bond donors (Lipinski definition) is 0. The number of ether oxygens (including phenoxy) is 2. The second-order valence-electron chi connectivity index (χ2n) is 12.2. The van der Waals surface area contributed by atoms with E-state index in [9.17, 15) is 22.8 Å². The van der Waals surface area contributed by atoms with Gasteiger partial charge in [-0.25, -0.2) is 4.79 Å². The van der Waals surface area contributed by atoms with Crippen LogP contribution in [0.4, 0.5) is 18.0 Å². The van der Waals surface area contributed by atoms with Crippen molar-refractivity contribution >= 4 is 23.3 Å². The molecule has 0 aliphatic carbocycles. The SMILES string of the molecule is CC(C)Cn1cc(C(C)(C)C)sc1=NC(=O)c1cc(C(F)(F)F)ccc1OC[C@@H]1CCN1C(=O)OC(C)(C)C. The van der Waals surface area contributed by atoms with E-state index in [0.717, 1.165) is 23.1 Å². The van der Waals surface area contributed by atoms with Gasteiger partial charge in [0.05, 0.1) is 17.2 Å². The molecule has 1 atom stereocenters. The lowest BCUT2D eigenvalue weighted by atomic mass is 9.95. The number of rotatable bonds is 6. The van der Waals surface area contributed by atoms with Crippen LogP contribution in [0.2, 0.25) is 0 Å². The Morgan fingerprint density at radius 3 is 2.31 bits per heavy atom. The van der Waals surface area contributed by atoms with E-state index in [2.05, 4.69) is 4.99 Å². The van der Waals surface area contributed by atoms with Crippen molar-refractivity contribution in [1.82, 2.24) is 9.47 Å². The zero-order valence-electron chi connectivity index (χ0n) is 23.8. The molecule has 2 aromatic rings. The first-order valence-corrected chi connectivity index (χ1v) is 13.8. The van der Waals surface area contributed by atoms with Gasteiger partial charge in [0, 0.05) is 24.2 Å². The fourth-order valence-electron chi connectivity index (χ4n) is 3.85. The zero-order chi connectivity index (χ0) is 29.3. The molecule has 3 rings (SSSR count). The number of nitrogens with zero attached hydrogens (tertiary/aromatic N) is 3. The highest BCUT2D eigenvalue weighted by atomic mass is 32.1. The summed E-state index contributed by atoms with van der Waals surface area (Å²) in [5.41, 5.74) is -2.10. The molecule has 1 aliphatic heterocycles. The molecule has 39 heavy (non-hydrogen) atoms. The van der Waals surface area contributed by atoms with Crippen LogP contribution in [-0.2, 0) is 22.9 Å². The summed E-state index contributed by atoms with van der Waals surface area (Å²) in [6.07, 6.45) is -2.53. The molecule has 1 aromatic heterocycles. The number of aromatic nitrogens is 1. The molecule has 0 unspecified atom stereocenters. The summed E-state index contributed by atoms with van der Waals surface area (Å²) >= 11 is 1.34. The van der Waals surface area contributed by atoms with E-state index in [-0.39, 0.29) is 35.3 Å². The second kappa shape index (κ2) is 11.3. The fourth-order valence-corrected chi connectivity index (χ4v) is 4.90. The molecule has 0 N–H and O–H groups in total. The van der Waals surface area contributed by atoms with Gasteiger partial charge in [0.2, 0.25) is 0 Å². The summed E-state index contributed by atoms with van der Waals surface area (Å²) in [6.45, 7) is 16.6. The highest BCUT2D eigenvalue weighted by Gasteiger charge is 2.36. The van der Waals surface area contributed by atoms with Gasteiger partial charge in [-0.2, -0.15) is 18.2 Å². The van der Waals surface area contributed by atoms with Crippen molar-refractivity contribution in [1.29, 1.82) is 0 Å². The van der Waals surface area contributed by atoms with Crippen molar-refractivity contribution < 1.29 is 32.2 Å². The van der Waals surface area contributed by atoms with Crippen molar-refractivity contribution in [3.8, 4) is 5.75 Å². The third-order valence-corrected chi connectivity index (χ3v) is 7.40. The molecule has 1 saturated heterocycles. The van der Waals surface area contributed by atoms with Crippen LogP contribution in [-0.4, -0.2) is 46.3 Å². The predicted octanol–water partition coefficient (Wildman–Crippen LogP) is 6.65. The molecular formula is C28H38F3N3O4S. The van der Waals surface area contributed by atoms with Crippen molar-refractivity contribution in [3.05, 3.63) is 45.2 Å². The lowest BCUT2D eigenvalue weighted by molar-refractivity contribution is -0.137. The molecule has 0 radical (unpaired) electrons. The summed E-state index contributed by atoms with van der Waals surface area (Å²) < 4.78 is 53.7. The first-order chi connectivity index (χ1) is 17.8. The van der Waals surface area contributed by atoms with Crippen LogP contribution in [0, 0.1) is 5.92 Å². The average Bonchev–Trinajstić information content (AvgIpc) is 3.13. The van der Waals surface area contributed by atoms with Crippen LogP contribution in [0.25, 0.3) is 0 Å². The molecule has 0 spiro atoms. The minimum Gasteiger partial charge on any atom is -0.491 e. The Morgan fingerprint density at radius 2 is 1.79 bits per heavy atom. The van der Waals surface area contributed by atoms with E-state index >= 15 is 0 Å². The first-order valence-electron chi connectivity index (χ1n) is 13.0. The Hall–Kier alpha value is -2.82. The number of alkyl halides is 3. The van der Waals surface area contributed by atoms with Gasteiger partial charge in [-0.05, 0) is 56.7 Å². The molecule has 11 heteroatoms. The Bertz CT molecular complexity index is 1270. The third-order valence-electron chi connectivity index (χ3n) is 5.96. The summed E-state index contributed by atoms with van der Waals surface area (Å²) in [5.74, 6) is -0.575. The smallest absolute Gasteiger partial charge is 0.416 e. The number of thiazole rings is 1. The van der Waals surface area contributed by atoms with E-state index < -0.39 is 29.3 Å². The highest BCUT2D eigenvalue weighted by Crippen LogP contribution is 2.34. The molecular weight excluding hydrogens is 531 g/mol. The number of carbonyl (C=O) groups excluding carboxylic acids is 2. The van der Waals surface area contributed by atoms with Crippen LogP contribution in [0.15, 0.2) is 29.4 Å². The van der Waals surface area contributed by atoms with E-state index in [4.69, 9.17) is 9.47 Å². The molecule has 1 aromatic carbocycles. The number of likely N-dealkylation sites (tertiary alicyclic amines) is 1. The number of hydrogen-bond acceptors (Lipinski definition) is 5. The maximum atomic E-state index is 13.5. The van der Waals surface area contributed by atoms with Crippen LogP contribution in [0.3, 0.4) is 0 Å². The molecule has 2 amide bonds. The first kappa shape index (κ1) is 30.7. The van der Waals surface area contributed by atoms with Crippen molar-refractivity contribution in [2.45, 2.75) is 91.6 Å². The van der Waals surface area contributed by atoms with E-state index in [1.807, 2.05) is 45.4 Å². The minimum absolute atomic E-state index is 0.00537. The average molecular weight is 570 g/mol. The summed E-state index contributed by atoms with van der Waals surface area (Å²) in [5, 5.41) is 0. The maximum absolute atomic E-state index is 13.5. The van der Waals surface area contributed by atoms with Gasteiger partial charge in [0.15, 0.2) is 4.80 Å². The molecule has 7 nitrogen and oxygen atoms in total. The van der Waals surface area contributed by atoms with Gasteiger partial charge in [0.25, 0.3) is 5.91 Å². The lowest BCUT2D eigenvalue weighted by Crippen LogP contribution is -2.55. The van der Waals surface area contributed by atoms with Crippen LogP contribution >= 0.6 is 11.3 Å². The summed E-state index contributed by atoms with van der Waals surface area (Å²) in [7, 11) is 0. The van der Waals surface area contributed by atoms with Crippen molar-refractivity contribution in [2.24, 2.45) is 10.9 Å². The Balaban J connectivity index is 1.93. The molecule has 1 aliphatic rings. The second-order valence-corrected chi connectivity index (χ2v) is 13.2. The van der Waals surface area contributed by atoms with Crippen molar-refractivity contribution in [2.75, 3.05) is 13.2 Å². The summed E-state index contributed by atoms with van der Waals surface area (Å²) in [4.78, 5) is 33.0. The van der Waals surface area contributed by atoms with Gasteiger partial charge in [-0.3, -0.25) is 4.79 Å². The van der Waals surface area contributed by atoms with Gasteiger partial charge in [-0.1, -0.05) is 34.6 Å². The van der Waals surface area contributed by atoms with E-state index in [1.165, 1.54) is 16.2 Å². The summed E-state index contributed by atoms with van der Waals surface area (Å²) in [6, 6.07) is 2.47. The van der Waals surface area contributed by atoms with Gasteiger partial charge < -0.3 is 18.9 Å².